The van der Waals surface area contributed by atoms with Gasteiger partial charge in [0.25, 0.3) is 0 Å². The topological polar surface area (TPSA) is 32.8 Å². The highest BCUT2D eigenvalue weighted by molar-refractivity contribution is 8.00. The van der Waals surface area contributed by atoms with E-state index in [4.69, 9.17) is 4.74 Å². The molecule has 1 fully saturated rings. The number of hydrogen-bond donors (Lipinski definition) is 0. The molecule has 2 aromatic carbocycles. The van der Waals surface area contributed by atoms with Crippen LogP contribution in [-0.2, 0) is 4.79 Å². The molecule has 0 N–H and O–H groups in total. The number of carbonyl (C=O) groups is 1. The zero-order valence-corrected chi connectivity index (χ0v) is 18.6. The van der Waals surface area contributed by atoms with Crippen LogP contribution in [0, 0.1) is 13.8 Å². The number of ether oxygens (including phenoxy) is 1. The molecule has 29 heavy (non-hydrogen) atoms. The lowest BCUT2D eigenvalue weighted by Gasteiger charge is -2.37. The molecule has 2 aromatic rings. The third kappa shape index (κ3) is 6.43. The maximum absolute atomic E-state index is 12.8. The fraction of sp³-hybridized carbons (Fsp3) is 0.458. The number of hydrogen-bond acceptors (Lipinski definition) is 4. The van der Waals surface area contributed by atoms with Crippen LogP contribution in [0.25, 0.3) is 0 Å². The third-order valence-electron chi connectivity index (χ3n) is 5.18. The van der Waals surface area contributed by atoms with Crippen molar-refractivity contribution in [3.63, 3.8) is 0 Å². The summed E-state index contributed by atoms with van der Waals surface area (Å²) in [6, 6.07) is 16.7. The van der Waals surface area contributed by atoms with Crippen LogP contribution in [0.4, 0.5) is 5.69 Å². The van der Waals surface area contributed by atoms with Crippen LogP contribution in [0.5, 0.6) is 5.75 Å². The predicted molar refractivity (Wildman–Crippen MR) is 123 cm³/mol. The van der Waals surface area contributed by atoms with Gasteiger partial charge in [0, 0.05) is 31.9 Å². The Hall–Kier alpha value is -2.14. The van der Waals surface area contributed by atoms with E-state index in [1.54, 1.807) is 11.8 Å². The van der Waals surface area contributed by atoms with Crippen molar-refractivity contribution in [3.05, 3.63) is 59.7 Å². The quantitative estimate of drug-likeness (QED) is 0.596. The van der Waals surface area contributed by atoms with Crippen LogP contribution in [0.3, 0.4) is 0 Å². The standard InChI is InChI=1S/C24H32N2O2S/c1-19-16-20(2)18-23(17-19)28-14-7-15-29-21(3)24(27)26-12-10-25(11-13-26)22-8-5-4-6-9-22/h4-6,8-9,16-18,21H,7,10-15H2,1-3H3. The van der Waals surface area contributed by atoms with E-state index in [0.717, 1.165) is 44.1 Å². The number of benzene rings is 2. The fourth-order valence-corrected chi connectivity index (χ4v) is 4.61. The van der Waals surface area contributed by atoms with Crippen LogP contribution in [-0.4, -0.2) is 54.6 Å². The molecule has 0 spiro atoms. The number of thioether (sulfide) groups is 1. The van der Waals surface area contributed by atoms with Gasteiger partial charge in [0.05, 0.1) is 11.9 Å². The maximum atomic E-state index is 12.8. The van der Waals surface area contributed by atoms with Gasteiger partial charge in [-0.1, -0.05) is 24.3 Å². The smallest absolute Gasteiger partial charge is 0.235 e. The molecule has 1 heterocycles. The molecular formula is C24H32N2O2S. The minimum Gasteiger partial charge on any atom is -0.494 e. The van der Waals surface area contributed by atoms with E-state index in [2.05, 4.69) is 61.2 Å². The van der Waals surface area contributed by atoms with E-state index in [1.807, 2.05) is 17.9 Å². The Bertz CT molecular complexity index is 768. The first kappa shape index (κ1) is 21.6. The Morgan fingerprint density at radius 3 is 2.34 bits per heavy atom. The molecule has 0 aliphatic carbocycles. The highest BCUT2D eigenvalue weighted by Crippen LogP contribution is 2.20. The average molecular weight is 413 g/mol. The van der Waals surface area contributed by atoms with E-state index < -0.39 is 0 Å². The van der Waals surface area contributed by atoms with E-state index in [1.165, 1.54) is 16.8 Å². The third-order valence-corrected chi connectivity index (χ3v) is 6.41. The van der Waals surface area contributed by atoms with Crippen molar-refractivity contribution in [1.82, 2.24) is 4.90 Å². The molecule has 1 aliphatic rings. The number of carbonyl (C=O) groups excluding carboxylic acids is 1. The SMILES string of the molecule is Cc1cc(C)cc(OCCCSC(C)C(=O)N2CCN(c3ccccc3)CC2)c1. The van der Waals surface area contributed by atoms with Gasteiger partial charge in [-0.3, -0.25) is 4.79 Å². The van der Waals surface area contributed by atoms with Gasteiger partial charge in [-0.15, -0.1) is 11.8 Å². The lowest BCUT2D eigenvalue weighted by molar-refractivity contribution is -0.130. The van der Waals surface area contributed by atoms with Gasteiger partial charge >= 0.3 is 0 Å². The summed E-state index contributed by atoms with van der Waals surface area (Å²) in [5.74, 6) is 2.13. The second-order valence-electron chi connectivity index (χ2n) is 7.69. The van der Waals surface area contributed by atoms with Crippen molar-refractivity contribution in [1.29, 1.82) is 0 Å². The van der Waals surface area contributed by atoms with Gasteiger partial charge in [0.15, 0.2) is 0 Å². The molecule has 1 amide bonds. The van der Waals surface area contributed by atoms with Crippen molar-refractivity contribution >= 4 is 23.4 Å². The van der Waals surface area contributed by atoms with Crippen LogP contribution < -0.4 is 9.64 Å². The van der Waals surface area contributed by atoms with Crippen LogP contribution in [0.1, 0.15) is 24.5 Å². The summed E-state index contributed by atoms with van der Waals surface area (Å²) in [5, 5.41) is -0.000473. The lowest BCUT2D eigenvalue weighted by atomic mass is 10.1. The number of anilines is 1. The second-order valence-corrected chi connectivity index (χ2v) is 9.14. The van der Waals surface area contributed by atoms with Gasteiger partial charge in [-0.2, -0.15) is 0 Å². The van der Waals surface area contributed by atoms with Gasteiger partial charge < -0.3 is 14.5 Å². The van der Waals surface area contributed by atoms with Gasteiger partial charge in [-0.05, 0) is 68.3 Å². The summed E-state index contributed by atoms with van der Waals surface area (Å²) in [6.45, 7) is 10.3. The number of rotatable bonds is 8. The summed E-state index contributed by atoms with van der Waals surface area (Å²) in [6.07, 6.45) is 0.942. The average Bonchev–Trinajstić information content (AvgIpc) is 2.73. The van der Waals surface area contributed by atoms with E-state index in [0.29, 0.717) is 6.61 Å². The molecule has 0 radical (unpaired) electrons. The summed E-state index contributed by atoms with van der Waals surface area (Å²) in [7, 11) is 0. The highest BCUT2D eigenvalue weighted by Gasteiger charge is 2.25. The normalized spacial score (nSPS) is 15.3. The number of aryl methyl sites for hydroxylation is 2. The molecular weight excluding hydrogens is 380 g/mol. The van der Waals surface area contributed by atoms with Gasteiger partial charge in [0.2, 0.25) is 5.91 Å². The fourth-order valence-electron chi connectivity index (χ4n) is 3.68. The molecule has 0 aromatic heterocycles. The van der Waals surface area contributed by atoms with Crippen LogP contribution in [0.2, 0.25) is 0 Å². The van der Waals surface area contributed by atoms with E-state index >= 15 is 0 Å². The Morgan fingerprint density at radius 1 is 1.03 bits per heavy atom. The van der Waals surface area contributed by atoms with Crippen molar-refractivity contribution in [3.8, 4) is 5.75 Å². The molecule has 0 saturated carbocycles. The van der Waals surface area contributed by atoms with Crippen LogP contribution in [0.15, 0.2) is 48.5 Å². The molecule has 1 aliphatic heterocycles. The number of nitrogens with zero attached hydrogens (tertiary/aromatic N) is 2. The molecule has 5 heteroatoms. The predicted octanol–water partition coefficient (Wildman–Crippen LogP) is 4.54. The molecule has 4 nitrogen and oxygen atoms in total. The van der Waals surface area contributed by atoms with Crippen molar-refractivity contribution < 1.29 is 9.53 Å². The Balaban J connectivity index is 1.34. The van der Waals surface area contributed by atoms with Crippen molar-refractivity contribution in [2.75, 3.05) is 43.4 Å². The first-order valence-electron chi connectivity index (χ1n) is 10.4. The Labute approximate surface area is 179 Å². The molecule has 1 saturated heterocycles. The molecule has 1 atom stereocenters. The van der Waals surface area contributed by atoms with Crippen molar-refractivity contribution in [2.45, 2.75) is 32.4 Å². The minimum atomic E-state index is -0.000473. The Kier molecular flexibility index (Phi) is 7.87. The zero-order chi connectivity index (χ0) is 20.6. The summed E-state index contributed by atoms with van der Waals surface area (Å²) in [4.78, 5) is 17.1. The van der Waals surface area contributed by atoms with Gasteiger partial charge in [-0.25, -0.2) is 0 Å². The first-order valence-corrected chi connectivity index (χ1v) is 11.5. The highest BCUT2D eigenvalue weighted by atomic mass is 32.2. The summed E-state index contributed by atoms with van der Waals surface area (Å²) in [5.41, 5.74) is 3.69. The number of piperazine rings is 1. The molecule has 156 valence electrons. The van der Waals surface area contributed by atoms with E-state index in [9.17, 15) is 4.79 Å². The van der Waals surface area contributed by atoms with Crippen LogP contribution >= 0.6 is 11.8 Å². The monoisotopic (exact) mass is 412 g/mol. The minimum absolute atomic E-state index is 0.000473. The second kappa shape index (κ2) is 10.6. The molecule has 3 rings (SSSR count). The molecule has 1 unspecified atom stereocenters. The Morgan fingerprint density at radius 2 is 1.69 bits per heavy atom. The lowest BCUT2D eigenvalue weighted by Crippen LogP contribution is -2.50. The number of amides is 1. The molecule has 0 bridgehead atoms. The van der Waals surface area contributed by atoms with E-state index in [-0.39, 0.29) is 11.2 Å². The largest absolute Gasteiger partial charge is 0.494 e. The maximum Gasteiger partial charge on any atom is 0.235 e. The van der Waals surface area contributed by atoms with Gasteiger partial charge in [0.1, 0.15) is 5.75 Å². The number of para-hydroxylation sites is 1. The summed E-state index contributed by atoms with van der Waals surface area (Å²) < 4.78 is 5.87. The summed E-state index contributed by atoms with van der Waals surface area (Å²) >= 11 is 1.73. The van der Waals surface area contributed by atoms with Crippen molar-refractivity contribution in [2.24, 2.45) is 0 Å². The first-order chi connectivity index (χ1) is 14.0. The zero-order valence-electron chi connectivity index (χ0n) is 17.8.